The van der Waals surface area contributed by atoms with Gasteiger partial charge in [-0.15, -0.1) is 0 Å². The van der Waals surface area contributed by atoms with Crippen LogP contribution in [0, 0.1) is 13.8 Å². The Morgan fingerprint density at radius 3 is 2.07 bits per heavy atom. The number of hydrogen-bond acceptors (Lipinski definition) is 0. The highest BCUT2D eigenvalue weighted by Crippen LogP contribution is 2.39. The molecule has 0 aliphatic heterocycles. The fourth-order valence-corrected chi connectivity index (χ4v) is 4.81. The van der Waals surface area contributed by atoms with E-state index in [9.17, 15) is 0 Å². The molecule has 0 saturated carbocycles. The Morgan fingerprint density at radius 2 is 1.25 bits per heavy atom. The minimum absolute atomic E-state index is 1.30. The van der Waals surface area contributed by atoms with Crippen molar-refractivity contribution in [3.05, 3.63) is 112 Å². The largest absolute Gasteiger partial charge is 0.0610 e. The first-order chi connectivity index (χ1) is 13.7. The van der Waals surface area contributed by atoms with Crippen LogP contribution in [0.5, 0.6) is 0 Å². The molecule has 5 aromatic carbocycles. The molecule has 0 aromatic heterocycles. The molecule has 0 heteroatoms. The summed E-state index contributed by atoms with van der Waals surface area (Å²) in [6.07, 6.45) is 0. The third-order valence-corrected chi connectivity index (χ3v) is 6.10. The predicted molar refractivity (Wildman–Crippen MR) is 120 cm³/mol. The maximum absolute atomic E-state index is 2.39. The van der Waals surface area contributed by atoms with Crippen LogP contribution >= 0.6 is 0 Å². The van der Waals surface area contributed by atoms with Crippen LogP contribution in [0.2, 0.25) is 0 Å². The molecule has 0 atom stereocenters. The Hall–Kier alpha value is -3.38. The Labute approximate surface area is 164 Å². The molecule has 0 nitrogen and oxygen atoms in total. The van der Waals surface area contributed by atoms with Gasteiger partial charge in [0.15, 0.2) is 0 Å². The second kappa shape index (κ2) is 5.56. The van der Waals surface area contributed by atoms with Gasteiger partial charge in [-0.1, -0.05) is 90.0 Å². The highest BCUT2D eigenvalue weighted by molar-refractivity contribution is 6.15. The van der Waals surface area contributed by atoms with Gasteiger partial charge in [-0.2, -0.15) is 0 Å². The van der Waals surface area contributed by atoms with Gasteiger partial charge in [-0.25, -0.2) is 0 Å². The summed E-state index contributed by atoms with van der Waals surface area (Å²) < 4.78 is 0. The number of rotatable bonds is 1. The lowest BCUT2D eigenvalue weighted by molar-refractivity contribution is 1.43. The standard InChI is InChI=1S/C28H20/c1-17-9-12-20(13-10-17)27-24-15-18(2)11-14-22(24)25-16-21-7-3-5-19-6-4-8-23(26(19)21)28(25)27/h3-16H,1-2H3. The van der Waals surface area contributed by atoms with Crippen LogP contribution in [0.15, 0.2) is 84.9 Å². The van der Waals surface area contributed by atoms with E-state index in [1.165, 1.54) is 65.7 Å². The molecule has 0 bridgehead atoms. The normalized spacial score (nSPS) is 12.6. The van der Waals surface area contributed by atoms with Gasteiger partial charge < -0.3 is 0 Å². The van der Waals surface area contributed by atoms with E-state index in [0.29, 0.717) is 0 Å². The van der Waals surface area contributed by atoms with Crippen LogP contribution in [0.25, 0.3) is 38.2 Å². The second-order valence-corrected chi connectivity index (χ2v) is 7.97. The van der Waals surface area contributed by atoms with Gasteiger partial charge in [-0.05, 0) is 74.5 Å². The van der Waals surface area contributed by atoms with Crippen molar-refractivity contribution >= 4 is 27.1 Å². The van der Waals surface area contributed by atoms with Gasteiger partial charge in [-0.3, -0.25) is 0 Å². The van der Waals surface area contributed by atoms with Crippen molar-refractivity contribution in [3.63, 3.8) is 0 Å². The number of benzene rings is 5. The van der Waals surface area contributed by atoms with Gasteiger partial charge in [0, 0.05) is 0 Å². The van der Waals surface area contributed by atoms with E-state index in [2.05, 4.69) is 98.8 Å². The third kappa shape index (κ3) is 2.06. The highest BCUT2D eigenvalue weighted by atomic mass is 14.3. The van der Waals surface area contributed by atoms with E-state index < -0.39 is 0 Å². The lowest BCUT2D eigenvalue weighted by atomic mass is 9.94. The second-order valence-electron chi connectivity index (χ2n) is 7.97. The average molecular weight is 356 g/mol. The van der Waals surface area contributed by atoms with Gasteiger partial charge in [0.05, 0.1) is 0 Å². The lowest BCUT2D eigenvalue weighted by Gasteiger charge is -2.09. The first kappa shape index (κ1) is 15.7. The van der Waals surface area contributed by atoms with Crippen molar-refractivity contribution < 1.29 is 0 Å². The smallest absolute Gasteiger partial charge is 0.00137 e. The summed E-state index contributed by atoms with van der Waals surface area (Å²) in [5.41, 5.74) is 9.33. The summed E-state index contributed by atoms with van der Waals surface area (Å²) in [5.74, 6) is 0. The molecular formula is C28H20. The molecule has 0 amide bonds. The molecule has 28 heavy (non-hydrogen) atoms. The Balaban J connectivity index is 1.89. The van der Waals surface area contributed by atoms with Gasteiger partial charge in [0.25, 0.3) is 0 Å². The van der Waals surface area contributed by atoms with Crippen LogP contribution in [0.3, 0.4) is 0 Å². The minimum atomic E-state index is 1.30. The minimum Gasteiger partial charge on any atom is -0.0610 e. The molecule has 132 valence electrons. The van der Waals surface area contributed by atoms with Crippen LogP contribution in [0.4, 0.5) is 0 Å². The van der Waals surface area contributed by atoms with E-state index in [0.717, 1.165) is 0 Å². The van der Waals surface area contributed by atoms with E-state index in [1.54, 1.807) is 0 Å². The summed E-state index contributed by atoms with van der Waals surface area (Å²) in [6.45, 7) is 4.33. The van der Waals surface area contributed by atoms with Crippen molar-refractivity contribution in [2.45, 2.75) is 13.8 Å². The summed E-state index contributed by atoms with van der Waals surface area (Å²) in [5, 5.41) is 6.75. The molecule has 0 radical (unpaired) electrons. The Bertz CT molecular complexity index is 1450. The van der Waals surface area contributed by atoms with Crippen LogP contribution in [0.1, 0.15) is 22.3 Å². The van der Waals surface area contributed by atoms with Crippen molar-refractivity contribution in [3.8, 4) is 11.1 Å². The van der Waals surface area contributed by atoms with Crippen LogP contribution in [-0.2, 0) is 0 Å². The molecular weight excluding hydrogens is 336 g/mol. The first-order valence-electron chi connectivity index (χ1n) is 9.87. The summed E-state index contributed by atoms with van der Waals surface area (Å²) in [7, 11) is 0. The number of hydrogen-bond donors (Lipinski definition) is 0. The molecule has 0 fully saturated rings. The van der Waals surface area contributed by atoms with Gasteiger partial charge >= 0.3 is 0 Å². The summed E-state index contributed by atoms with van der Waals surface area (Å²) in [6, 6.07) is 31.6. The molecule has 1 aliphatic carbocycles. The monoisotopic (exact) mass is 356 g/mol. The van der Waals surface area contributed by atoms with E-state index >= 15 is 0 Å². The van der Waals surface area contributed by atoms with E-state index in [-0.39, 0.29) is 0 Å². The quantitative estimate of drug-likeness (QED) is 0.313. The number of fused-ring (bicyclic) bond motifs is 4. The zero-order valence-corrected chi connectivity index (χ0v) is 16.1. The maximum Gasteiger partial charge on any atom is -0.00137 e. The van der Waals surface area contributed by atoms with Crippen molar-refractivity contribution in [2.75, 3.05) is 0 Å². The summed E-state index contributed by atoms with van der Waals surface area (Å²) in [4.78, 5) is 0. The first-order valence-corrected chi connectivity index (χ1v) is 9.87. The fraction of sp³-hybridized carbons (Fsp3) is 0.0714. The molecule has 1 aliphatic rings. The lowest BCUT2D eigenvalue weighted by Crippen LogP contribution is -2.08. The van der Waals surface area contributed by atoms with E-state index in [1.807, 2.05) is 0 Å². The molecule has 0 heterocycles. The molecule has 6 rings (SSSR count). The molecule has 0 N–H and O–H groups in total. The van der Waals surface area contributed by atoms with Gasteiger partial charge in [0.1, 0.15) is 0 Å². The maximum atomic E-state index is 2.39. The van der Waals surface area contributed by atoms with Crippen molar-refractivity contribution in [1.29, 1.82) is 0 Å². The molecule has 5 aromatic rings. The molecule has 0 saturated heterocycles. The average Bonchev–Trinajstić information content (AvgIpc) is 3.03. The van der Waals surface area contributed by atoms with Gasteiger partial charge in [0.2, 0.25) is 0 Å². The summed E-state index contributed by atoms with van der Waals surface area (Å²) >= 11 is 0. The number of aryl methyl sites for hydroxylation is 2. The van der Waals surface area contributed by atoms with Crippen LogP contribution in [-0.4, -0.2) is 0 Å². The topological polar surface area (TPSA) is 0 Å². The Morgan fingerprint density at radius 1 is 0.536 bits per heavy atom. The predicted octanol–water partition coefficient (Wildman–Crippen LogP) is 6.56. The third-order valence-electron chi connectivity index (χ3n) is 6.10. The zero-order valence-electron chi connectivity index (χ0n) is 16.1. The highest BCUT2D eigenvalue weighted by Gasteiger charge is 2.23. The molecule has 0 unspecified atom stereocenters. The van der Waals surface area contributed by atoms with Crippen molar-refractivity contribution in [2.24, 2.45) is 0 Å². The fourth-order valence-electron chi connectivity index (χ4n) is 4.81. The van der Waals surface area contributed by atoms with E-state index in [4.69, 9.17) is 0 Å². The SMILES string of the molecule is Cc1ccc(C2=c3c(cc4cccc5cccc3c54)-c3ccc(C)cc32)cc1. The Kier molecular flexibility index (Phi) is 3.11. The van der Waals surface area contributed by atoms with Crippen LogP contribution < -0.4 is 5.22 Å². The molecule has 0 spiro atoms. The zero-order chi connectivity index (χ0) is 18.8. The van der Waals surface area contributed by atoms with Crippen molar-refractivity contribution in [1.82, 2.24) is 0 Å².